The number of carbonyl (C=O) groups excluding carboxylic acids is 2. The highest BCUT2D eigenvalue weighted by atomic mass is 16.8. The summed E-state index contributed by atoms with van der Waals surface area (Å²) >= 11 is 0. The maximum atomic E-state index is 12.5. The van der Waals surface area contributed by atoms with Gasteiger partial charge in [0.25, 0.3) is 0 Å². The molecular weight excluding hydrogens is 592 g/mol. The number of rotatable bonds is 7. The minimum atomic E-state index is -3.25. The lowest BCUT2D eigenvalue weighted by atomic mass is 9.89. The van der Waals surface area contributed by atoms with Crippen LogP contribution in [0.25, 0.3) is 0 Å². The van der Waals surface area contributed by atoms with Gasteiger partial charge in [-0.2, -0.15) is 0 Å². The third-order valence-corrected chi connectivity index (χ3v) is 7.77. The van der Waals surface area contributed by atoms with Crippen molar-refractivity contribution in [1.82, 2.24) is 0 Å². The second-order valence-corrected chi connectivity index (χ2v) is 10.6. The van der Waals surface area contributed by atoms with Gasteiger partial charge < -0.3 is 96.9 Å². The van der Waals surface area contributed by atoms with Crippen LogP contribution >= 0.6 is 0 Å². The number of hydrogen-bond acceptors (Lipinski definition) is 21. The summed E-state index contributed by atoms with van der Waals surface area (Å²) in [4.78, 5) is 24.7. The van der Waals surface area contributed by atoms with Gasteiger partial charge in [0.1, 0.15) is 55.4 Å². The topological polar surface area (TPSA) is 365 Å². The van der Waals surface area contributed by atoms with E-state index in [0.717, 1.165) is 0 Å². The van der Waals surface area contributed by atoms with Crippen molar-refractivity contribution >= 4 is 11.9 Å². The molecule has 21 nitrogen and oxygen atoms in total. The molecule has 4 heterocycles. The molecule has 0 amide bonds. The fourth-order valence-electron chi connectivity index (χ4n) is 5.20. The standard InChI is InChI=1S/C22H38N4O17/c23-5-1-8(30)41-22(36)16(33)11(26)20(43-21(22,4-29)42-17(5)34)40-15-7(3-28)38-19(10(25)13(15)32)39-14-6(2-27)37-18(35)9(24)12(14)31/h5-7,9-16,18-20,27-29,31-33,35-36H,1-4,23-26H2/t5?,6-,7-,9-,10-,11-,12-,13-,14?,15?,16-,18-,19+,20+,21+,22+/m1/s1. The molecule has 248 valence electrons. The fourth-order valence-corrected chi connectivity index (χ4v) is 5.20. The van der Waals surface area contributed by atoms with Crippen LogP contribution in [0.15, 0.2) is 0 Å². The Morgan fingerprint density at radius 3 is 1.93 bits per heavy atom. The molecule has 4 rings (SSSR count). The first-order chi connectivity index (χ1) is 20.1. The van der Waals surface area contributed by atoms with Crippen molar-refractivity contribution in [1.29, 1.82) is 0 Å². The molecule has 0 aromatic heterocycles. The van der Waals surface area contributed by atoms with Crippen LogP contribution in [0.1, 0.15) is 6.42 Å². The second-order valence-electron chi connectivity index (χ2n) is 10.6. The number of carbonyl (C=O) groups is 2. The van der Waals surface area contributed by atoms with E-state index < -0.39 is 136 Å². The molecule has 0 bridgehead atoms. The number of esters is 2. The third-order valence-electron chi connectivity index (χ3n) is 7.77. The van der Waals surface area contributed by atoms with E-state index in [1.807, 2.05) is 0 Å². The largest absolute Gasteiger partial charge is 0.423 e. The van der Waals surface area contributed by atoms with E-state index in [0.29, 0.717) is 0 Å². The SMILES string of the molecule is NC1CC(=O)O[C@@]2(O)[C@H](O)[C@@H](N)[C@@H](OC3[C@@H](CO)O[C@@H](OC4[C@@H](CO)O[C@@H](O)[C@H](N)[C@H]4O)[C@H](N)[C@H]3O)O[C@]2(CO)OC1=O. The van der Waals surface area contributed by atoms with Crippen molar-refractivity contribution in [3.63, 3.8) is 0 Å². The number of ether oxygens (including phenoxy) is 7. The number of aliphatic hydroxyl groups is 8. The third kappa shape index (κ3) is 5.98. The van der Waals surface area contributed by atoms with Gasteiger partial charge in [-0.15, -0.1) is 0 Å². The smallest absolute Gasteiger partial charge is 0.326 e. The van der Waals surface area contributed by atoms with Gasteiger partial charge >= 0.3 is 23.5 Å². The van der Waals surface area contributed by atoms with E-state index in [1.165, 1.54) is 0 Å². The summed E-state index contributed by atoms with van der Waals surface area (Å²) in [5.41, 5.74) is 23.4. The highest BCUT2D eigenvalue weighted by molar-refractivity contribution is 5.83. The Labute approximate surface area is 242 Å². The van der Waals surface area contributed by atoms with Gasteiger partial charge in [-0.25, -0.2) is 0 Å². The quantitative estimate of drug-likeness (QED) is 0.116. The summed E-state index contributed by atoms with van der Waals surface area (Å²) in [5.74, 6) is -8.87. The molecule has 4 saturated heterocycles. The van der Waals surface area contributed by atoms with Gasteiger partial charge in [0.2, 0.25) is 0 Å². The first-order valence-electron chi connectivity index (χ1n) is 13.2. The Kier molecular flexibility index (Phi) is 10.3. The molecule has 0 aromatic rings. The van der Waals surface area contributed by atoms with Crippen LogP contribution in [0, 0.1) is 0 Å². The predicted octanol–water partition coefficient (Wildman–Crippen LogP) is -9.20. The molecule has 0 aliphatic carbocycles. The molecule has 0 radical (unpaired) electrons. The zero-order chi connectivity index (χ0) is 32.0. The van der Waals surface area contributed by atoms with E-state index in [2.05, 4.69) is 0 Å². The highest BCUT2D eigenvalue weighted by Crippen LogP contribution is 2.42. The van der Waals surface area contributed by atoms with Crippen LogP contribution in [0.5, 0.6) is 0 Å². The molecule has 4 aliphatic rings. The van der Waals surface area contributed by atoms with Crippen LogP contribution in [0.4, 0.5) is 0 Å². The lowest BCUT2D eigenvalue weighted by molar-refractivity contribution is -0.468. The monoisotopic (exact) mass is 630 g/mol. The molecule has 16 N–H and O–H groups in total. The van der Waals surface area contributed by atoms with Crippen LogP contribution in [0.2, 0.25) is 0 Å². The summed E-state index contributed by atoms with van der Waals surface area (Å²) in [7, 11) is 0. The number of fused-ring (bicyclic) bond motifs is 1. The van der Waals surface area contributed by atoms with Gasteiger partial charge in [0.15, 0.2) is 18.9 Å². The average molecular weight is 631 g/mol. The summed E-state index contributed by atoms with van der Waals surface area (Å²) in [5, 5.41) is 83.1. The first-order valence-corrected chi connectivity index (χ1v) is 13.2. The van der Waals surface area contributed by atoms with Crippen LogP contribution < -0.4 is 22.9 Å². The lowest BCUT2D eigenvalue weighted by Gasteiger charge is -2.54. The Balaban J connectivity index is 1.55. The van der Waals surface area contributed by atoms with Crippen LogP contribution in [0.3, 0.4) is 0 Å². The summed E-state index contributed by atoms with van der Waals surface area (Å²) in [6.45, 7) is -3.02. The maximum Gasteiger partial charge on any atom is 0.326 e. The van der Waals surface area contributed by atoms with Crippen LogP contribution in [-0.2, 0) is 42.7 Å². The van der Waals surface area contributed by atoms with Crippen molar-refractivity contribution in [2.45, 2.75) is 104 Å². The Hall–Kier alpha value is -1.74. The minimum absolute atomic E-state index is 0.728. The molecule has 0 saturated carbocycles. The second kappa shape index (κ2) is 12.9. The van der Waals surface area contributed by atoms with E-state index in [1.54, 1.807) is 0 Å². The van der Waals surface area contributed by atoms with Crippen molar-refractivity contribution in [3.8, 4) is 0 Å². The van der Waals surface area contributed by atoms with Crippen LogP contribution in [-0.4, -0.2) is 170 Å². The zero-order valence-corrected chi connectivity index (χ0v) is 22.5. The van der Waals surface area contributed by atoms with Crippen molar-refractivity contribution in [2.24, 2.45) is 22.9 Å². The van der Waals surface area contributed by atoms with Gasteiger partial charge in [0.05, 0.1) is 37.8 Å². The predicted molar refractivity (Wildman–Crippen MR) is 130 cm³/mol. The molecular formula is C22H38N4O17. The maximum absolute atomic E-state index is 12.5. The Bertz CT molecular complexity index is 1010. The van der Waals surface area contributed by atoms with Gasteiger partial charge in [-0.3, -0.25) is 9.59 Å². The fraction of sp³-hybridized carbons (Fsp3) is 0.909. The minimum Gasteiger partial charge on any atom is -0.423 e. The van der Waals surface area contributed by atoms with E-state index in [9.17, 15) is 50.4 Å². The summed E-state index contributed by atoms with van der Waals surface area (Å²) in [6, 6.07) is -6.30. The molecule has 43 heavy (non-hydrogen) atoms. The Morgan fingerprint density at radius 2 is 1.35 bits per heavy atom. The highest BCUT2D eigenvalue weighted by Gasteiger charge is 2.71. The number of nitrogens with two attached hydrogens (primary N) is 4. The number of aliphatic hydroxyl groups excluding tert-OH is 7. The summed E-state index contributed by atoms with van der Waals surface area (Å²) in [6.07, 6.45) is -17.6. The molecule has 0 spiro atoms. The molecule has 21 heteroatoms. The van der Waals surface area contributed by atoms with E-state index in [4.69, 9.17) is 56.1 Å². The molecule has 4 fully saturated rings. The molecule has 16 atom stereocenters. The average Bonchev–Trinajstić information content (AvgIpc) is 2.97. The normalized spacial score (nSPS) is 51.1. The van der Waals surface area contributed by atoms with Gasteiger partial charge in [-0.1, -0.05) is 0 Å². The molecule has 0 aromatic carbocycles. The molecule has 4 aliphatic heterocycles. The zero-order valence-electron chi connectivity index (χ0n) is 22.5. The lowest BCUT2D eigenvalue weighted by Crippen LogP contribution is -2.79. The summed E-state index contributed by atoms with van der Waals surface area (Å²) < 4.78 is 37.5. The number of hydrogen-bond donors (Lipinski definition) is 12. The van der Waals surface area contributed by atoms with Crippen molar-refractivity contribution in [2.75, 3.05) is 19.8 Å². The van der Waals surface area contributed by atoms with E-state index >= 15 is 0 Å². The Morgan fingerprint density at radius 1 is 0.791 bits per heavy atom. The van der Waals surface area contributed by atoms with Crippen molar-refractivity contribution < 1.29 is 83.6 Å². The van der Waals surface area contributed by atoms with E-state index in [-0.39, 0.29) is 0 Å². The first kappa shape index (κ1) is 34.1. The van der Waals surface area contributed by atoms with Gasteiger partial charge in [0, 0.05) is 0 Å². The van der Waals surface area contributed by atoms with Gasteiger partial charge in [-0.05, 0) is 0 Å². The molecule has 3 unspecified atom stereocenters. The van der Waals surface area contributed by atoms with Crippen molar-refractivity contribution in [3.05, 3.63) is 0 Å².